The molecular weight excluding hydrogens is 505 g/mol. The van der Waals surface area contributed by atoms with Gasteiger partial charge in [0, 0.05) is 23.6 Å². The number of carbonyl (C=O) groups is 1. The summed E-state index contributed by atoms with van der Waals surface area (Å²) in [4.78, 5) is 24.5. The van der Waals surface area contributed by atoms with Crippen molar-refractivity contribution in [3.63, 3.8) is 0 Å². The first-order valence-electron chi connectivity index (χ1n) is 9.05. The number of hydrogen-bond donors (Lipinski definition) is 1. The standard InChI is InChI=1S/C19H16BrF3N2O7/c1-30-18(27)12-7-13(20)14(24-5-4-10(26)9-24)8-17(12)31-16-3-2-11(32-19(21,22)23)6-15(16)25(28)29/h2-3,6-8,10,26H,4-5,9H2,1H3/t10-/m1/s1. The van der Waals surface area contributed by atoms with Crippen LogP contribution in [0.25, 0.3) is 0 Å². The Hall–Kier alpha value is -3.06. The van der Waals surface area contributed by atoms with E-state index >= 15 is 0 Å². The minimum absolute atomic E-state index is 0.0761. The van der Waals surface area contributed by atoms with Crippen LogP contribution in [0.15, 0.2) is 34.8 Å². The van der Waals surface area contributed by atoms with Crippen LogP contribution in [0.2, 0.25) is 0 Å². The molecule has 13 heteroatoms. The van der Waals surface area contributed by atoms with Crippen LogP contribution in [0.4, 0.5) is 24.5 Å². The molecule has 0 amide bonds. The van der Waals surface area contributed by atoms with E-state index in [4.69, 9.17) is 9.47 Å². The number of hydrogen-bond acceptors (Lipinski definition) is 8. The molecule has 172 valence electrons. The number of halogens is 4. The van der Waals surface area contributed by atoms with Gasteiger partial charge in [0.15, 0.2) is 0 Å². The first-order valence-corrected chi connectivity index (χ1v) is 9.84. The highest BCUT2D eigenvalue weighted by molar-refractivity contribution is 9.10. The monoisotopic (exact) mass is 520 g/mol. The first kappa shape index (κ1) is 23.6. The van der Waals surface area contributed by atoms with Gasteiger partial charge in [0.2, 0.25) is 5.75 Å². The van der Waals surface area contributed by atoms with Gasteiger partial charge in [0.05, 0.1) is 29.9 Å². The molecule has 1 heterocycles. The number of anilines is 1. The number of esters is 1. The molecule has 1 N–H and O–H groups in total. The van der Waals surface area contributed by atoms with Gasteiger partial charge in [0.1, 0.15) is 17.1 Å². The van der Waals surface area contributed by atoms with Crippen LogP contribution in [0.1, 0.15) is 16.8 Å². The lowest BCUT2D eigenvalue weighted by Crippen LogP contribution is -2.22. The van der Waals surface area contributed by atoms with E-state index in [1.165, 1.54) is 12.1 Å². The Kier molecular flexibility index (Phi) is 6.79. The van der Waals surface area contributed by atoms with E-state index in [1.807, 2.05) is 4.90 Å². The Morgan fingerprint density at radius 1 is 1.28 bits per heavy atom. The lowest BCUT2D eigenvalue weighted by Gasteiger charge is -2.22. The number of rotatable bonds is 6. The zero-order chi connectivity index (χ0) is 23.6. The Balaban J connectivity index is 2.04. The fourth-order valence-electron chi connectivity index (χ4n) is 3.14. The maximum absolute atomic E-state index is 12.5. The molecule has 3 rings (SSSR count). The quantitative estimate of drug-likeness (QED) is 0.338. The third kappa shape index (κ3) is 5.40. The molecule has 0 spiro atoms. The zero-order valence-electron chi connectivity index (χ0n) is 16.4. The third-order valence-electron chi connectivity index (χ3n) is 4.54. The molecule has 0 bridgehead atoms. The number of carbonyl (C=O) groups excluding carboxylic acids is 1. The number of ether oxygens (including phenoxy) is 3. The summed E-state index contributed by atoms with van der Waals surface area (Å²) in [5.74, 6) is -2.13. The molecule has 1 atom stereocenters. The molecule has 0 radical (unpaired) electrons. The van der Waals surface area contributed by atoms with E-state index in [1.54, 1.807) is 0 Å². The maximum atomic E-state index is 12.5. The fraction of sp³-hybridized carbons (Fsp3) is 0.316. The first-order chi connectivity index (χ1) is 15.0. The van der Waals surface area contributed by atoms with Crippen LogP contribution in [-0.2, 0) is 4.74 Å². The van der Waals surface area contributed by atoms with Crippen molar-refractivity contribution in [3.05, 3.63) is 50.5 Å². The Morgan fingerprint density at radius 3 is 2.56 bits per heavy atom. The molecule has 0 unspecified atom stereocenters. The number of nitro groups is 1. The Morgan fingerprint density at radius 2 is 2.00 bits per heavy atom. The van der Waals surface area contributed by atoms with Crippen molar-refractivity contribution < 1.29 is 42.2 Å². The molecule has 0 aromatic heterocycles. The van der Waals surface area contributed by atoms with Crippen LogP contribution < -0.4 is 14.4 Å². The summed E-state index contributed by atoms with van der Waals surface area (Å²) in [5, 5.41) is 21.2. The number of aliphatic hydroxyl groups is 1. The molecule has 32 heavy (non-hydrogen) atoms. The van der Waals surface area contributed by atoms with Crippen molar-refractivity contribution in [2.45, 2.75) is 18.9 Å². The fourth-order valence-corrected chi connectivity index (χ4v) is 3.74. The summed E-state index contributed by atoms with van der Waals surface area (Å²) in [6.45, 7) is 0.833. The summed E-state index contributed by atoms with van der Waals surface area (Å²) in [5.41, 5.74) is -0.333. The minimum Gasteiger partial charge on any atom is -0.465 e. The van der Waals surface area contributed by atoms with E-state index in [2.05, 4.69) is 20.7 Å². The SMILES string of the molecule is COC(=O)c1cc(Br)c(N2CC[C@@H](O)C2)cc1Oc1ccc(OC(F)(F)F)cc1[N+](=O)[O-]. The minimum atomic E-state index is -5.03. The summed E-state index contributed by atoms with van der Waals surface area (Å²) >= 11 is 3.35. The lowest BCUT2D eigenvalue weighted by molar-refractivity contribution is -0.385. The second-order valence-electron chi connectivity index (χ2n) is 6.72. The predicted octanol–water partition coefficient (Wildman–Crippen LogP) is 4.41. The van der Waals surface area contributed by atoms with Gasteiger partial charge in [-0.15, -0.1) is 13.2 Å². The van der Waals surface area contributed by atoms with Crippen molar-refractivity contribution >= 4 is 33.3 Å². The van der Waals surface area contributed by atoms with Gasteiger partial charge in [-0.25, -0.2) is 4.79 Å². The zero-order valence-corrected chi connectivity index (χ0v) is 18.0. The Labute approximate surface area is 187 Å². The Bertz CT molecular complexity index is 1050. The van der Waals surface area contributed by atoms with Crippen LogP contribution in [0.3, 0.4) is 0 Å². The number of nitrogens with zero attached hydrogens (tertiary/aromatic N) is 2. The van der Waals surface area contributed by atoms with Gasteiger partial charge in [-0.1, -0.05) is 0 Å². The predicted molar refractivity (Wildman–Crippen MR) is 108 cm³/mol. The van der Waals surface area contributed by atoms with Crippen molar-refractivity contribution in [1.29, 1.82) is 0 Å². The van der Waals surface area contributed by atoms with Gasteiger partial charge in [-0.3, -0.25) is 10.1 Å². The molecule has 0 aliphatic carbocycles. The van der Waals surface area contributed by atoms with Gasteiger partial charge in [-0.05, 0) is 40.5 Å². The number of alkyl halides is 3. The summed E-state index contributed by atoms with van der Waals surface area (Å²) in [6.07, 6.45) is -5.06. The smallest absolute Gasteiger partial charge is 0.465 e. The molecule has 1 saturated heterocycles. The average Bonchev–Trinajstić information content (AvgIpc) is 3.14. The molecule has 9 nitrogen and oxygen atoms in total. The van der Waals surface area contributed by atoms with Gasteiger partial charge >= 0.3 is 18.0 Å². The van der Waals surface area contributed by atoms with E-state index in [0.29, 0.717) is 35.7 Å². The third-order valence-corrected chi connectivity index (χ3v) is 5.17. The summed E-state index contributed by atoms with van der Waals surface area (Å²) < 4.78 is 51.9. The highest BCUT2D eigenvalue weighted by atomic mass is 79.9. The van der Waals surface area contributed by atoms with E-state index in [0.717, 1.165) is 19.2 Å². The lowest BCUT2D eigenvalue weighted by atomic mass is 10.1. The number of β-amino-alcohol motifs (C(OH)–C–C–N with tert-alkyl or cyclic N) is 1. The second kappa shape index (κ2) is 9.20. The molecule has 1 aliphatic rings. The van der Waals surface area contributed by atoms with E-state index in [-0.39, 0.29) is 11.3 Å². The maximum Gasteiger partial charge on any atom is 0.573 e. The van der Waals surface area contributed by atoms with Crippen molar-refractivity contribution in [2.75, 3.05) is 25.1 Å². The second-order valence-corrected chi connectivity index (χ2v) is 7.57. The number of benzene rings is 2. The molecule has 2 aromatic rings. The van der Waals surface area contributed by atoms with Gasteiger partial charge in [0.25, 0.3) is 0 Å². The largest absolute Gasteiger partial charge is 0.573 e. The van der Waals surface area contributed by atoms with Crippen LogP contribution in [0, 0.1) is 10.1 Å². The molecule has 1 aliphatic heterocycles. The molecule has 2 aromatic carbocycles. The number of aliphatic hydroxyl groups excluding tert-OH is 1. The van der Waals surface area contributed by atoms with Crippen molar-refractivity contribution in [2.24, 2.45) is 0 Å². The summed E-state index contributed by atoms with van der Waals surface area (Å²) in [7, 11) is 1.14. The van der Waals surface area contributed by atoms with Gasteiger partial charge in [-0.2, -0.15) is 0 Å². The van der Waals surface area contributed by atoms with Crippen molar-refractivity contribution in [3.8, 4) is 17.2 Å². The van der Waals surface area contributed by atoms with Crippen LogP contribution >= 0.6 is 15.9 Å². The molecular formula is C19H16BrF3N2O7. The van der Waals surface area contributed by atoms with Gasteiger partial charge < -0.3 is 24.2 Å². The molecule has 0 saturated carbocycles. The number of methoxy groups -OCH3 is 1. The van der Waals surface area contributed by atoms with E-state index < -0.39 is 40.5 Å². The normalized spacial score (nSPS) is 16.1. The van der Waals surface area contributed by atoms with Crippen molar-refractivity contribution in [1.82, 2.24) is 0 Å². The van der Waals surface area contributed by atoms with Crippen LogP contribution in [0.5, 0.6) is 17.2 Å². The topological polar surface area (TPSA) is 111 Å². The summed E-state index contributed by atoms with van der Waals surface area (Å²) in [6, 6.07) is 5.18. The highest BCUT2D eigenvalue weighted by Crippen LogP contribution is 2.41. The molecule has 1 fully saturated rings. The average molecular weight is 521 g/mol. The van der Waals surface area contributed by atoms with E-state index in [9.17, 15) is 33.2 Å². The van der Waals surface area contributed by atoms with Crippen LogP contribution in [-0.4, -0.2) is 48.7 Å². The highest BCUT2D eigenvalue weighted by Gasteiger charge is 2.33. The number of nitro benzene ring substituents is 1.